The van der Waals surface area contributed by atoms with Crippen molar-refractivity contribution in [1.29, 1.82) is 5.26 Å². The average Bonchev–Trinajstić information content (AvgIpc) is 2.91. The van der Waals surface area contributed by atoms with Crippen LogP contribution in [0.25, 0.3) is 10.2 Å². The molecule has 0 aromatic carbocycles. The van der Waals surface area contributed by atoms with Crippen molar-refractivity contribution in [3.8, 4) is 6.07 Å². The number of nitrogens with one attached hydrogen (secondary N) is 1. The second kappa shape index (κ2) is 5.51. The van der Waals surface area contributed by atoms with Crippen molar-refractivity contribution >= 4 is 27.4 Å². The summed E-state index contributed by atoms with van der Waals surface area (Å²) in [6, 6.07) is 4.67. The average molecular weight is 273 g/mol. The molecule has 19 heavy (non-hydrogen) atoms. The van der Waals surface area contributed by atoms with E-state index in [1.54, 1.807) is 17.7 Å². The number of nitriles is 1. The van der Waals surface area contributed by atoms with Gasteiger partial charge in [-0.1, -0.05) is 0 Å². The molecule has 0 atom stereocenters. The first-order chi connectivity index (χ1) is 9.36. The minimum absolute atomic E-state index is 0.440. The lowest BCUT2D eigenvalue weighted by molar-refractivity contribution is 0.242. The number of hydrogen-bond acceptors (Lipinski definition) is 6. The molecule has 1 aliphatic heterocycles. The number of likely N-dealkylation sites (tertiary alicyclic amines) is 1. The maximum Gasteiger partial charge on any atom is 0.147 e. The monoisotopic (exact) mass is 273 g/mol. The summed E-state index contributed by atoms with van der Waals surface area (Å²) in [4.78, 5) is 10.8. The Bertz CT molecular complexity index is 594. The summed E-state index contributed by atoms with van der Waals surface area (Å²) in [5.41, 5.74) is 1.00. The lowest BCUT2D eigenvalue weighted by atomic mass is 10.1. The van der Waals surface area contributed by atoms with E-state index in [0.717, 1.165) is 42.0 Å². The van der Waals surface area contributed by atoms with E-state index in [9.17, 15) is 0 Å². The van der Waals surface area contributed by atoms with Gasteiger partial charge in [-0.15, -0.1) is 11.3 Å². The summed E-state index contributed by atoms with van der Waals surface area (Å²) in [6.07, 6.45) is 3.72. The Labute approximate surface area is 115 Å². The molecule has 0 unspecified atom stereocenters. The molecule has 2 aromatic rings. The third-order valence-corrected chi connectivity index (χ3v) is 4.38. The van der Waals surface area contributed by atoms with E-state index >= 15 is 0 Å². The predicted octanol–water partition coefficient (Wildman–Crippen LogP) is 2.09. The summed E-state index contributed by atoms with van der Waals surface area (Å²) in [7, 11) is 0. The molecule has 0 aliphatic carbocycles. The number of aromatic nitrogens is 2. The molecule has 1 N–H and O–H groups in total. The van der Waals surface area contributed by atoms with Gasteiger partial charge in [-0.05, 0) is 24.3 Å². The second-order valence-corrected chi connectivity index (χ2v) is 5.63. The Morgan fingerprint density at radius 1 is 1.42 bits per heavy atom. The Kier molecular flexibility index (Phi) is 3.58. The van der Waals surface area contributed by atoms with Gasteiger partial charge in [0.05, 0.1) is 22.8 Å². The largest absolute Gasteiger partial charge is 0.366 e. The third-order valence-electron chi connectivity index (χ3n) is 3.47. The van der Waals surface area contributed by atoms with Crippen LogP contribution < -0.4 is 5.32 Å². The maximum atomic E-state index is 8.69. The van der Waals surface area contributed by atoms with E-state index in [0.29, 0.717) is 12.6 Å². The van der Waals surface area contributed by atoms with Crippen LogP contribution in [0.2, 0.25) is 0 Å². The quantitative estimate of drug-likeness (QED) is 0.867. The lowest BCUT2D eigenvalue weighted by Crippen LogP contribution is -2.39. The first-order valence-corrected chi connectivity index (χ1v) is 7.29. The van der Waals surface area contributed by atoms with E-state index in [-0.39, 0.29) is 0 Å². The van der Waals surface area contributed by atoms with Crippen LogP contribution in [0.5, 0.6) is 0 Å². The van der Waals surface area contributed by atoms with E-state index in [2.05, 4.69) is 26.3 Å². The molecule has 6 heteroatoms. The highest BCUT2D eigenvalue weighted by molar-refractivity contribution is 7.17. The second-order valence-electron chi connectivity index (χ2n) is 4.71. The molecule has 0 bridgehead atoms. The molecule has 5 nitrogen and oxygen atoms in total. The predicted molar refractivity (Wildman–Crippen MR) is 76.1 cm³/mol. The maximum absolute atomic E-state index is 8.69. The molecule has 2 aromatic heterocycles. The number of hydrogen-bond donors (Lipinski definition) is 1. The Morgan fingerprint density at radius 3 is 3.05 bits per heavy atom. The zero-order valence-corrected chi connectivity index (χ0v) is 11.4. The van der Waals surface area contributed by atoms with Gasteiger partial charge in [0.2, 0.25) is 0 Å². The van der Waals surface area contributed by atoms with Crippen LogP contribution in [0.3, 0.4) is 0 Å². The van der Waals surface area contributed by atoms with Gasteiger partial charge in [0, 0.05) is 19.1 Å². The summed E-state index contributed by atoms with van der Waals surface area (Å²) >= 11 is 1.67. The number of anilines is 1. The van der Waals surface area contributed by atoms with E-state index < -0.39 is 0 Å². The number of nitrogens with zero attached hydrogens (tertiary/aromatic N) is 4. The van der Waals surface area contributed by atoms with Crippen LogP contribution in [-0.2, 0) is 0 Å². The molecule has 0 saturated carbocycles. The normalized spacial score (nSPS) is 17.4. The van der Waals surface area contributed by atoms with Crippen LogP contribution in [0, 0.1) is 11.3 Å². The molecule has 0 radical (unpaired) electrons. The van der Waals surface area contributed by atoms with Crippen molar-refractivity contribution in [3.63, 3.8) is 0 Å². The fraction of sp³-hybridized carbons (Fsp3) is 0.462. The van der Waals surface area contributed by atoms with Gasteiger partial charge in [0.25, 0.3) is 0 Å². The van der Waals surface area contributed by atoms with Crippen molar-refractivity contribution < 1.29 is 0 Å². The first kappa shape index (κ1) is 12.3. The Morgan fingerprint density at radius 2 is 2.26 bits per heavy atom. The molecule has 1 aliphatic rings. The molecule has 3 rings (SSSR count). The Balaban J connectivity index is 1.67. The van der Waals surface area contributed by atoms with Crippen LogP contribution >= 0.6 is 11.3 Å². The van der Waals surface area contributed by atoms with Gasteiger partial charge < -0.3 is 5.32 Å². The van der Waals surface area contributed by atoms with E-state index in [4.69, 9.17) is 5.26 Å². The topological polar surface area (TPSA) is 64.8 Å². The molecular formula is C13H15N5S. The standard InChI is InChI=1S/C13H15N5S/c14-4-7-18-5-1-10(2-6-18)17-13-12-11(3-8-19-12)15-9-16-13/h3,8-10H,1-2,5-7H2,(H,15,16,17). The fourth-order valence-corrected chi connectivity index (χ4v) is 3.22. The summed E-state index contributed by atoms with van der Waals surface area (Å²) in [5.74, 6) is 0.943. The van der Waals surface area contributed by atoms with Gasteiger partial charge in [0.1, 0.15) is 12.1 Å². The molecular weight excluding hydrogens is 258 g/mol. The molecule has 1 fully saturated rings. The van der Waals surface area contributed by atoms with Crippen molar-refractivity contribution in [3.05, 3.63) is 17.8 Å². The zero-order valence-electron chi connectivity index (χ0n) is 10.5. The summed E-state index contributed by atoms with van der Waals surface area (Å²) in [6.45, 7) is 2.49. The number of rotatable bonds is 3. The van der Waals surface area contributed by atoms with Gasteiger partial charge in [-0.2, -0.15) is 5.26 Å². The third kappa shape index (κ3) is 2.67. The fourth-order valence-electron chi connectivity index (χ4n) is 2.42. The molecule has 0 amide bonds. The number of thiophene rings is 1. The summed E-state index contributed by atoms with van der Waals surface area (Å²) in [5, 5.41) is 14.3. The highest BCUT2D eigenvalue weighted by Crippen LogP contribution is 2.26. The van der Waals surface area contributed by atoms with Gasteiger partial charge in [-0.3, -0.25) is 4.90 Å². The van der Waals surface area contributed by atoms with E-state index in [1.807, 2.05) is 11.4 Å². The molecule has 98 valence electrons. The van der Waals surface area contributed by atoms with Crippen LogP contribution in [0.1, 0.15) is 12.8 Å². The molecule has 1 saturated heterocycles. The lowest BCUT2D eigenvalue weighted by Gasteiger charge is -2.30. The van der Waals surface area contributed by atoms with Crippen molar-refractivity contribution in [2.45, 2.75) is 18.9 Å². The summed E-state index contributed by atoms with van der Waals surface area (Å²) < 4.78 is 1.13. The van der Waals surface area contributed by atoms with Gasteiger partial charge >= 0.3 is 0 Å². The van der Waals surface area contributed by atoms with Crippen molar-refractivity contribution in [2.75, 3.05) is 25.0 Å². The number of fused-ring (bicyclic) bond motifs is 1. The Hall–Kier alpha value is -1.71. The minimum atomic E-state index is 0.440. The zero-order chi connectivity index (χ0) is 13.1. The van der Waals surface area contributed by atoms with Crippen molar-refractivity contribution in [2.24, 2.45) is 0 Å². The van der Waals surface area contributed by atoms with Crippen LogP contribution in [-0.4, -0.2) is 40.5 Å². The van der Waals surface area contributed by atoms with Gasteiger partial charge in [-0.25, -0.2) is 9.97 Å². The van der Waals surface area contributed by atoms with Crippen molar-refractivity contribution in [1.82, 2.24) is 14.9 Å². The van der Waals surface area contributed by atoms with Crippen LogP contribution in [0.15, 0.2) is 17.8 Å². The highest BCUT2D eigenvalue weighted by Gasteiger charge is 2.19. The van der Waals surface area contributed by atoms with Crippen LogP contribution in [0.4, 0.5) is 5.82 Å². The SMILES string of the molecule is N#CCN1CCC(Nc2ncnc3ccsc23)CC1. The number of piperidine rings is 1. The smallest absolute Gasteiger partial charge is 0.147 e. The molecule has 0 spiro atoms. The highest BCUT2D eigenvalue weighted by atomic mass is 32.1. The van der Waals surface area contributed by atoms with Gasteiger partial charge in [0.15, 0.2) is 0 Å². The minimum Gasteiger partial charge on any atom is -0.366 e. The first-order valence-electron chi connectivity index (χ1n) is 6.41. The molecule has 3 heterocycles. The van der Waals surface area contributed by atoms with E-state index in [1.165, 1.54) is 0 Å².